The van der Waals surface area contributed by atoms with Gasteiger partial charge in [0.25, 0.3) is 0 Å². The maximum absolute atomic E-state index is 5.82. The van der Waals surface area contributed by atoms with Crippen molar-refractivity contribution in [2.75, 3.05) is 26.2 Å². The molecule has 5 nitrogen and oxygen atoms in total. The van der Waals surface area contributed by atoms with Crippen LogP contribution in [0.15, 0.2) is 42.9 Å². The second kappa shape index (κ2) is 6.63. The van der Waals surface area contributed by atoms with Gasteiger partial charge in [-0.3, -0.25) is 14.6 Å². The SMILES string of the molecule is c1ccc(CCN2CCO[C@H](Cn3cccn3)C2)nc1. The van der Waals surface area contributed by atoms with Gasteiger partial charge in [0.2, 0.25) is 0 Å². The third-order valence-corrected chi connectivity index (χ3v) is 3.58. The highest BCUT2D eigenvalue weighted by molar-refractivity contribution is 5.03. The molecule has 0 N–H and O–H groups in total. The van der Waals surface area contributed by atoms with Gasteiger partial charge in [-0.15, -0.1) is 0 Å². The minimum atomic E-state index is 0.229. The number of aromatic nitrogens is 3. The van der Waals surface area contributed by atoms with E-state index in [2.05, 4.69) is 21.0 Å². The van der Waals surface area contributed by atoms with Crippen molar-refractivity contribution in [3.8, 4) is 0 Å². The van der Waals surface area contributed by atoms with E-state index in [1.807, 2.05) is 41.5 Å². The number of hydrogen-bond donors (Lipinski definition) is 0. The van der Waals surface area contributed by atoms with Crippen LogP contribution in [0.25, 0.3) is 0 Å². The molecule has 5 heteroatoms. The first-order valence-corrected chi connectivity index (χ1v) is 7.11. The Hall–Kier alpha value is -1.72. The molecule has 0 saturated carbocycles. The fraction of sp³-hybridized carbons (Fsp3) is 0.467. The van der Waals surface area contributed by atoms with E-state index in [1.54, 1.807) is 0 Å². The number of rotatable bonds is 5. The maximum Gasteiger partial charge on any atom is 0.0898 e. The largest absolute Gasteiger partial charge is 0.374 e. The van der Waals surface area contributed by atoms with Crippen LogP contribution in [-0.2, 0) is 17.7 Å². The molecule has 0 bridgehead atoms. The van der Waals surface area contributed by atoms with Crippen molar-refractivity contribution in [2.45, 2.75) is 19.1 Å². The first-order chi connectivity index (χ1) is 9.90. The number of nitrogens with zero attached hydrogens (tertiary/aromatic N) is 4. The highest BCUT2D eigenvalue weighted by atomic mass is 16.5. The van der Waals surface area contributed by atoms with Gasteiger partial charge in [0.1, 0.15) is 0 Å². The third-order valence-electron chi connectivity index (χ3n) is 3.58. The lowest BCUT2D eigenvalue weighted by Crippen LogP contribution is -2.45. The Balaban J connectivity index is 1.48. The van der Waals surface area contributed by atoms with Gasteiger partial charge in [0.05, 0.1) is 19.3 Å². The van der Waals surface area contributed by atoms with Crippen molar-refractivity contribution < 1.29 is 4.74 Å². The summed E-state index contributed by atoms with van der Waals surface area (Å²) < 4.78 is 7.75. The van der Waals surface area contributed by atoms with E-state index in [9.17, 15) is 0 Å². The molecule has 0 radical (unpaired) electrons. The first kappa shape index (κ1) is 13.3. The van der Waals surface area contributed by atoms with Crippen molar-refractivity contribution in [3.63, 3.8) is 0 Å². The molecule has 3 rings (SSSR count). The van der Waals surface area contributed by atoms with E-state index in [4.69, 9.17) is 4.74 Å². The van der Waals surface area contributed by atoms with Crippen molar-refractivity contribution in [1.82, 2.24) is 19.7 Å². The summed E-state index contributed by atoms with van der Waals surface area (Å²) in [6, 6.07) is 8.03. The molecule has 1 saturated heterocycles. The predicted octanol–water partition coefficient (Wildman–Crippen LogP) is 1.22. The summed E-state index contributed by atoms with van der Waals surface area (Å²) in [6.45, 7) is 4.63. The van der Waals surface area contributed by atoms with Gasteiger partial charge in [0, 0.05) is 50.3 Å². The van der Waals surface area contributed by atoms with E-state index in [-0.39, 0.29) is 6.10 Å². The lowest BCUT2D eigenvalue weighted by Gasteiger charge is -2.32. The van der Waals surface area contributed by atoms with Crippen molar-refractivity contribution in [3.05, 3.63) is 48.5 Å². The number of hydrogen-bond acceptors (Lipinski definition) is 4. The van der Waals surface area contributed by atoms with Crippen LogP contribution < -0.4 is 0 Å². The lowest BCUT2D eigenvalue weighted by molar-refractivity contribution is -0.0371. The number of morpholine rings is 1. The lowest BCUT2D eigenvalue weighted by atomic mass is 10.2. The van der Waals surface area contributed by atoms with Crippen LogP contribution in [0.5, 0.6) is 0 Å². The third kappa shape index (κ3) is 3.65. The standard InChI is InChI=1S/C15H20N4O/c1-2-6-16-14(4-1)5-9-18-10-11-20-15(12-18)13-19-8-3-7-17-19/h1-4,6-8,15H,5,9-13H2/t15-/m0/s1. The topological polar surface area (TPSA) is 43.2 Å². The summed E-state index contributed by atoms with van der Waals surface area (Å²) in [5, 5.41) is 4.24. The molecule has 1 aliphatic heterocycles. The summed E-state index contributed by atoms with van der Waals surface area (Å²) in [5.74, 6) is 0. The predicted molar refractivity (Wildman–Crippen MR) is 76.3 cm³/mol. The number of pyridine rings is 1. The summed E-state index contributed by atoms with van der Waals surface area (Å²) in [4.78, 5) is 6.82. The summed E-state index contributed by atoms with van der Waals surface area (Å²) in [6.07, 6.45) is 6.87. The molecule has 1 fully saturated rings. The molecule has 2 aromatic rings. The fourth-order valence-electron chi connectivity index (χ4n) is 2.53. The van der Waals surface area contributed by atoms with Crippen molar-refractivity contribution in [1.29, 1.82) is 0 Å². The van der Waals surface area contributed by atoms with Crippen LogP contribution in [0.4, 0.5) is 0 Å². The molecule has 20 heavy (non-hydrogen) atoms. The van der Waals surface area contributed by atoms with Crippen LogP contribution in [0.3, 0.4) is 0 Å². The van der Waals surface area contributed by atoms with E-state index in [1.165, 1.54) is 0 Å². The molecule has 106 valence electrons. The van der Waals surface area contributed by atoms with Gasteiger partial charge in [-0.05, 0) is 18.2 Å². The highest BCUT2D eigenvalue weighted by Crippen LogP contribution is 2.08. The van der Waals surface area contributed by atoms with E-state index < -0.39 is 0 Å². The molecule has 2 aromatic heterocycles. The van der Waals surface area contributed by atoms with Gasteiger partial charge in [-0.2, -0.15) is 5.10 Å². The van der Waals surface area contributed by atoms with E-state index >= 15 is 0 Å². The van der Waals surface area contributed by atoms with Gasteiger partial charge < -0.3 is 4.74 Å². The fourth-order valence-corrected chi connectivity index (χ4v) is 2.53. The van der Waals surface area contributed by atoms with Crippen LogP contribution in [0.2, 0.25) is 0 Å². The first-order valence-electron chi connectivity index (χ1n) is 7.11. The summed E-state index contributed by atoms with van der Waals surface area (Å²) in [7, 11) is 0. The van der Waals surface area contributed by atoms with E-state index in [0.717, 1.165) is 44.9 Å². The summed E-state index contributed by atoms with van der Waals surface area (Å²) >= 11 is 0. The average molecular weight is 272 g/mol. The number of ether oxygens (including phenoxy) is 1. The zero-order valence-corrected chi connectivity index (χ0v) is 11.6. The van der Waals surface area contributed by atoms with Crippen molar-refractivity contribution >= 4 is 0 Å². The van der Waals surface area contributed by atoms with Crippen LogP contribution in [-0.4, -0.2) is 52.0 Å². The van der Waals surface area contributed by atoms with Crippen LogP contribution in [0.1, 0.15) is 5.69 Å². The molecule has 3 heterocycles. The second-order valence-electron chi connectivity index (χ2n) is 5.09. The zero-order valence-electron chi connectivity index (χ0n) is 11.6. The van der Waals surface area contributed by atoms with Crippen LogP contribution in [0, 0.1) is 0 Å². The van der Waals surface area contributed by atoms with E-state index in [0.29, 0.717) is 0 Å². The Bertz CT molecular complexity index is 500. The monoisotopic (exact) mass is 272 g/mol. The smallest absolute Gasteiger partial charge is 0.0898 e. The highest BCUT2D eigenvalue weighted by Gasteiger charge is 2.20. The van der Waals surface area contributed by atoms with Gasteiger partial charge in [0.15, 0.2) is 0 Å². The minimum absolute atomic E-state index is 0.229. The molecular formula is C15H20N4O. The molecule has 0 aliphatic carbocycles. The normalized spacial score (nSPS) is 20.1. The van der Waals surface area contributed by atoms with Gasteiger partial charge in [-0.1, -0.05) is 6.07 Å². The van der Waals surface area contributed by atoms with Crippen molar-refractivity contribution in [2.24, 2.45) is 0 Å². The Morgan fingerprint density at radius 1 is 1.25 bits per heavy atom. The Morgan fingerprint density at radius 3 is 3.05 bits per heavy atom. The average Bonchev–Trinajstić information content (AvgIpc) is 3.00. The van der Waals surface area contributed by atoms with Crippen LogP contribution >= 0.6 is 0 Å². The quantitative estimate of drug-likeness (QED) is 0.821. The van der Waals surface area contributed by atoms with Gasteiger partial charge in [-0.25, -0.2) is 0 Å². The Labute approximate surface area is 119 Å². The Morgan fingerprint density at radius 2 is 2.25 bits per heavy atom. The molecule has 0 spiro atoms. The maximum atomic E-state index is 5.82. The molecule has 0 amide bonds. The zero-order chi connectivity index (χ0) is 13.6. The molecular weight excluding hydrogens is 252 g/mol. The molecule has 0 unspecified atom stereocenters. The van der Waals surface area contributed by atoms with Gasteiger partial charge >= 0.3 is 0 Å². The molecule has 1 aliphatic rings. The molecule has 1 atom stereocenters. The Kier molecular flexibility index (Phi) is 4.40. The minimum Gasteiger partial charge on any atom is -0.374 e. The summed E-state index contributed by atoms with van der Waals surface area (Å²) in [5.41, 5.74) is 1.16. The molecule has 0 aromatic carbocycles. The second-order valence-corrected chi connectivity index (χ2v) is 5.09.